The summed E-state index contributed by atoms with van der Waals surface area (Å²) in [5.41, 5.74) is 6.50. The molecule has 2 aromatic carbocycles. The van der Waals surface area contributed by atoms with E-state index in [-0.39, 0.29) is 24.0 Å². The van der Waals surface area contributed by atoms with Gasteiger partial charge in [0.25, 0.3) is 11.8 Å². The maximum atomic E-state index is 13.4. The monoisotopic (exact) mass is 474 g/mol. The minimum atomic E-state index is -3.59. The van der Waals surface area contributed by atoms with Crippen LogP contribution in [0.5, 0.6) is 11.5 Å². The minimum absolute atomic E-state index is 0.0148. The van der Waals surface area contributed by atoms with Gasteiger partial charge < -0.3 is 15.2 Å². The van der Waals surface area contributed by atoms with Crippen molar-refractivity contribution in [2.24, 2.45) is 5.73 Å². The highest BCUT2D eigenvalue weighted by Gasteiger charge is 2.43. The van der Waals surface area contributed by atoms with E-state index in [1.54, 1.807) is 37.3 Å². The number of amides is 3. The zero-order chi connectivity index (χ0) is 24.3. The number of hydrogen-bond donors (Lipinski definition) is 1. The van der Waals surface area contributed by atoms with Gasteiger partial charge in [0.1, 0.15) is 9.84 Å². The van der Waals surface area contributed by atoms with Crippen molar-refractivity contribution in [1.82, 2.24) is 4.90 Å². The van der Waals surface area contributed by atoms with Crippen LogP contribution in [0, 0.1) is 0 Å². The predicted molar refractivity (Wildman–Crippen MR) is 121 cm³/mol. The van der Waals surface area contributed by atoms with Crippen molar-refractivity contribution in [1.29, 1.82) is 0 Å². The lowest BCUT2D eigenvalue weighted by Crippen LogP contribution is -2.37. The van der Waals surface area contributed by atoms with E-state index in [0.29, 0.717) is 29.2 Å². The number of carbonyl (C=O) groups excluding carboxylic acids is 3. The Morgan fingerprint density at radius 3 is 2.45 bits per heavy atom. The molecule has 0 saturated carbocycles. The number of imide groups is 1. The second-order valence-corrected chi connectivity index (χ2v) is 9.92. The number of fused-ring (bicyclic) bond motifs is 1. The molecule has 10 heteroatoms. The summed E-state index contributed by atoms with van der Waals surface area (Å²) in [5.74, 6) is -1.40. The van der Waals surface area contributed by atoms with Gasteiger partial charge in [0, 0.05) is 12.7 Å². The topological polar surface area (TPSA) is 133 Å². The molecule has 3 rings (SSSR count). The average molecular weight is 475 g/mol. The number of nitrogens with zero attached hydrogens (tertiary/aromatic N) is 1. The second kappa shape index (κ2) is 9.62. The van der Waals surface area contributed by atoms with Crippen LogP contribution < -0.4 is 15.2 Å². The predicted octanol–water partition coefficient (Wildman–Crippen LogP) is 1.89. The van der Waals surface area contributed by atoms with E-state index in [0.717, 1.165) is 11.2 Å². The van der Waals surface area contributed by atoms with Crippen LogP contribution in [0.15, 0.2) is 36.4 Å². The number of hydrogen-bond acceptors (Lipinski definition) is 7. The normalized spacial score (nSPS) is 14.2. The molecule has 0 fully saturated rings. The molecule has 3 amide bonds. The molecule has 9 nitrogen and oxygen atoms in total. The first-order valence-corrected chi connectivity index (χ1v) is 12.4. The maximum absolute atomic E-state index is 13.4. The molecule has 2 N–H and O–H groups in total. The van der Waals surface area contributed by atoms with Gasteiger partial charge in [0.2, 0.25) is 5.91 Å². The number of methoxy groups -OCH3 is 1. The number of aryl methyl sites for hydroxylation is 1. The van der Waals surface area contributed by atoms with Gasteiger partial charge in [-0.25, -0.2) is 8.42 Å². The SMILES string of the molecule is CCOc1cc(C(CS(C)(=O)=O)N2C(=O)c3cccc(CCC(N)=O)c3C2=O)ccc1OC. The van der Waals surface area contributed by atoms with Crippen LogP contribution in [-0.2, 0) is 21.1 Å². The number of rotatable bonds is 10. The summed E-state index contributed by atoms with van der Waals surface area (Å²) >= 11 is 0. The summed E-state index contributed by atoms with van der Waals surface area (Å²) in [6.07, 6.45) is 1.25. The van der Waals surface area contributed by atoms with Crippen LogP contribution in [0.1, 0.15) is 51.2 Å². The molecular weight excluding hydrogens is 448 g/mol. The first kappa shape index (κ1) is 24.2. The van der Waals surface area contributed by atoms with Crippen LogP contribution in [0.4, 0.5) is 0 Å². The van der Waals surface area contributed by atoms with Gasteiger partial charge in [-0.2, -0.15) is 0 Å². The molecule has 1 atom stereocenters. The Kier molecular flexibility index (Phi) is 7.06. The van der Waals surface area contributed by atoms with Crippen molar-refractivity contribution in [3.8, 4) is 11.5 Å². The van der Waals surface area contributed by atoms with Gasteiger partial charge in [0.15, 0.2) is 11.5 Å². The van der Waals surface area contributed by atoms with Crippen molar-refractivity contribution in [3.63, 3.8) is 0 Å². The highest BCUT2D eigenvalue weighted by atomic mass is 32.2. The fourth-order valence-electron chi connectivity index (χ4n) is 3.90. The lowest BCUT2D eigenvalue weighted by molar-refractivity contribution is -0.118. The molecule has 176 valence electrons. The van der Waals surface area contributed by atoms with Crippen LogP contribution in [0.3, 0.4) is 0 Å². The fraction of sp³-hybridized carbons (Fsp3) is 0.348. The summed E-state index contributed by atoms with van der Waals surface area (Å²) in [7, 11) is -2.12. The van der Waals surface area contributed by atoms with Crippen molar-refractivity contribution in [3.05, 3.63) is 58.7 Å². The number of primary amides is 1. The number of sulfone groups is 1. The van der Waals surface area contributed by atoms with E-state index >= 15 is 0 Å². The van der Waals surface area contributed by atoms with Gasteiger partial charge in [-0.15, -0.1) is 0 Å². The van der Waals surface area contributed by atoms with E-state index < -0.39 is 39.4 Å². The standard InChI is InChI=1S/C23H26N2O7S/c1-4-32-19-12-15(8-10-18(19)31-2)17(13-33(3,29)30)25-22(27)16-7-5-6-14(9-11-20(24)26)21(16)23(25)28/h5-8,10,12,17H,4,9,11,13H2,1-3H3,(H2,24,26). The second-order valence-electron chi connectivity index (χ2n) is 7.74. The Labute approximate surface area is 192 Å². The zero-order valence-electron chi connectivity index (χ0n) is 18.7. The summed E-state index contributed by atoms with van der Waals surface area (Å²) < 4.78 is 35.4. The highest BCUT2D eigenvalue weighted by Crippen LogP contribution is 2.37. The smallest absolute Gasteiger partial charge is 0.262 e. The molecule has 1 unspecified atom stereocenters. The molecule has 0 bridgehead atoms. The third-order valence-corrected chi connectivity index (χ3v) is 6.24. The number of benzene rings is 2. The first-order chi connectivity index (χ1) is 15.6. The van der Waals surface area contributed by atoms with E-state index in [2.05, 4.69) is 0 Å². The van der Waals surface area contributed by atoms with Gasteiger partial charge in [-0.05, 0) is 42.7 Å². The van der Waals surface area contributed by atoms with E-state index in [1.165, 1.54) is 13.2 Å². The quantitative estimate of drug-likeness (QED) is 0.520. The van der Waals surface area contributed by atoms with Crippen molar-refractivity contribution in [2.75, 3.05) is 25.7 Å². The number of nitrogens with two attached hydrogens (primary N) is 1. The molecule has 1 heterocycles. The van der Waals surface area contributed by atoms with E-state index in [4.69, 9.17) is 15.2 Å². The van der Waals surface area contributed by atoms with Gasteiger partial charge in [-0.3, -0.25) is 19.3 Å². The molecule has 1 aliphatic rings. The zero-order valence-corrected chi connectivity index (χ0v) is 19.5. The Morgan fingerprint density at radius 1 is 1.12 bits per heavy atom. The Bertz CT molecular complexity index is 1210. The Morgan fingerprint density at radius 2 is 1.85 bits per heavy atom. The first-order valence-electron chi connectivity index (χ1n) is 10.3. The van der Waals surface area contributed by atoms with Crippen molar-refractivity contribution >= 4 is 27.6 Å². The summed E-state index contributed by atoms with van der Waals surface area (Å²) in [6, 6.07) is 8.50. The molecule has 0 aromatic heterocycles. The van der Waals surface area contributed by atoms with Crippen LogP contribution in [0.2, 0.25) is 0 Å². The summed E-state index contributed by atoms with van der Waals surface area (Å²) in [4.78, 5) is 39.0. The number of carbonyl (C=O) groups is 3. The van der Waals surface area contributed by atoms with Crippen molar-refractivity contribution in [2.45, 2.75) is 25.8 Å². The molecule has 0 spiro atoms. The molecule has 2 aromatic rings. The van der Waals surface area contributed by atoms with Crippen molar-refractivity contribution < 1.29 is 32.3 Å². The fourth-order valence-corrected chi connectivity index (χ4v) is 4.81. The van der Waals surface area contributed by atoms with E-state index in [9.17, 15) is 22.8 Å². The number of ether oxygens (including phenoxy) is 2. The van der Waals surface area contributed by atoms with Gasteiger partial charge >= 0.3 is 0 Å². The molecule has 0 saturated heterocycles. The van der Waals surface area contributed by atoms with Gasteiger partial charge in [0.05, 0.1) is 36.6 Å². The van der Waals surface area contributed by atoms with Crippen LogP contribution in [-0.4, -0.2) is 56.8 Å². The maximum Gasteiger partial charge on any atom is 0.262 e. The third-order valence-electron chi connectivity index (χ3n) is 5.32. The average Bonchev–Trinajstić information content (AvgIpc) is 3.01. The van der Waals surface area contributed by atoms with Crippen LogP contribution >= 0.6 is 0 Å². The largest absolute Gasteiger partial charge is 0.493 e. The van der Waals surface area contributed by atoms with Gasteiger partial charge in [-0.1, -0.05) is 18.2 Å². The lowest BCUT2D eigenvalue weighted by Gasteiger charge is -2.27. The molecule has 0 radical (unpaired) electrons. The Hall–Kier alpha value is -3.40. The summed E-state index contributed by atoms with van der Waals surface area (Å²) in [5, 5.41) is 0. The molecule has 33 heavy (non-hydrogen) atoms. The molecule has 1 aliphatic heterocycles. The molecular formula is C23H26N2O7S. The van der Waals surface area contributed by atoms with E-state index in [1.807, 2.05) is 0 Å². The Balaban J connectivity index is 2.10. The minimum Gasteiger partial charge on any atom is -0.493 e. The lowest BCUT2D eigenvalue weighted by atomic mass is 9.99. The third kappa shape index (κ3) is 5.16. The summed E-state index contributed by atoms with van der Waals surface area (Å²) in [6.45, 7) is 2.13. The molecule has 0 aliphatic carbocycles. The van der Waals surface area contributed by atoms with Crippen LogP contribution in [0.25, 0.3) is 0 Å². The highest BCUT2D eigenvalue weighted by molar-refractivity contribution is 7.90.